The van der Waals surface area contributed by atoms with E-state index < -0.39 is 11.8 Å². The second kappa shape index (κ2) is 9.30. The molecule has 0 saturated carbocycles. The lowest BCUT2D eigenvalue weighted by molar-refractivity contribution is -0.120. The molecule has 4 rings (SSSR count). The first kappa shape index (κ1) is 22.3. The van der Waals surface area contributed by atoms with Crippen molar-refractivity contribution >= 4 is 46.4 Å². The van der Waals surface area contributed by atoms with Crippen LogP contribution in [0.1, 0.15) is 28.4 Å². The molecule has 6 nitrogen and oxygen atoms in total. The number of nitrogens with zero attached hydrogens (tertiary/aromatic N) is 1. The summed E-state index contributed by atoms with van der Waals surface area (Å²) in [6, 6.07) is 21.3. The largest absolute Gasteiger partial charge is 0.350 e. The molecule has 2 N–H and O–H groups in total. The van der Waals surface area contributed by atoms with Gasteiger partial charge in [0.1, 0.15) is 10.7 Å². The van der Waals surface area contributed by atoms with Gasteiger partial charge < -0.3 is 10.6 Å². The third kappa shape index (κ3) is 4.38. The standard InChI is InChI=1S/C26H22ClN3O3/c1-3-17-9-5-7-11-21(17)30-25(32)22(27)23(26(30)33)28-19-14-12-18(13-15-19)24(31)29-20-10-6-4-8-16(20)2/h4-15,28H,3H2,1-2H3,(H,29,31). The van der Waals surface area contributed by atoms with Crippen molar-refractivity contribution in [2.45, 2.75) is 20.3 Å². The predicted molar refractivity (Wildman–Crippen MR) is 130 cm³/mol. The Morgan fingerprint density at radius 1 is 0.909 bits per heavy atom. The van der Waals surface area contributed by atoms with Crippen LogP contribution in [0.2, 0.25) is 0 Å². The van der Waals surface area contributed by atoms with Crippen molar-refractivity contribution in [3.05, 3.63) is 100 Å². The van der Waals surface area contributed by atoms with Crippen molar-refractivity contribution in [2.75, 3.05) is 15.5 Å². The Labute approximate surface area is 196 Å². The number of hydrogen-bond donors (Lipinski definition) is 2. The molecule has 3 amide bonds. The van der Waals surface area contributed by atoms with Crippen LogP contribution in [0.5, 0.6) is 0 Å². The number of imide groups is 1. The van der Waals surface area contributed by atoms with Crippen LogP contribution in [0.15, 0.2) is 83.5 Å². The number of anilines is 3. The topological polar surface area (TPSA) is 78.5 Å². The van der Waals surface area contributed by atoms with E-state index in [2.05, 4.69) is 10.6 Å². The third-order valence-electron chi connectivity index (χ3n) is 5.45. The highest BCUT2D eigenvalue weighted by molar-refractivity contribution is 6.53. The molecule has 0 saturated heterocycles. The minimum Gasteiger partial charge on any atom is -0.350 e. The average molecular weight is 460 g/mol. The van der Waals surface area contributed by atoms with Gasteiger partial charge in [-0.3, -0.25) is 14.4 Å². The highest BCUT2D eigenvalue weighted by Gasteiger charge is 2.39. The predicted octanol–water partition coefficient (Wildman–Crippen LogP) is 5.25. The van der Waals surface area contributed by atoms with E-state index in [-0.39, 0.29) is 16.6 Å². The summed E-state index contributed by atoms with van der Waals surface area (Å²) in [5.41, 5.74) is 4.08. The van der Waals surface area contributed by atoms with Gasteiger partial charge in [-0.25, -0.2) is 4.90 Å². The van der Waals surface area contributed by atoms with Crippen LogP contribution >= 0.6 is 11.6 Å². The molecule has 0 fully saturated rings. The van der Waals surface area contributed by atoms with Gasteiger partial charge >= 0.3 is 0 Å². The van der Waals surface area contributed by atoms with Crippen molar-refractivity contribution in [1.29, 1.82) is 0 Å². The van der Waals surface area contributed by atoms with Gasteiger partial charge in [-0.15, -0.1) is 0 Å². The van der Waals surface area contributed by atoms with Crippen LogP contribution in [-0.4, -0.2) is 17.7 Å². The van der Waals surface area contributed by atoms with E-state index in [0.29, 0.717) is 23.4 Å². The van der Waals surface area contributed by atoms with Crippen molar-refractivity contribution in [1.82, 2.24) is 0 Å². The average Bonchev–Trinajstić information content (AvgIpc) is 3.04. The Hall–Kier alpha value is -3.90. The maximum absolute atomic E-state index is 13.0. The molecule has 0 unspecified atom stereocenters. The van der Waals surface area contributed by atoms with E-state index in [0.717, 1.165) is 21.7 Å². The van der Waals surface area contributed by atoms with Gasteiger partial charge in [-0.2, -0.15) is 0 Å². The highest BCUT2D eigenvalue weighted by atomic mass is 35.5. The number of aryl methyl sites for hydroxylation is 2. The number of halogens is 1. The molecule has 0 aromatic heterocycles. The summed E-state index contributed by atoms with van der Waals surface area (Å²) in [5.74, 6) is -1.34. The van der Waals surface area contributed by atoms with Crippen molar-refractivity contribution in [2.24, 2.45) is 0 Å². The van der Waals surface area contributed by atoms with Gasteiger partial charge in [-0.05, 0) is 60.9 Å². The normalized spacial score (nSPS) is 13.5. The molecule has 3 aromatic rings. The highest BCUT2D eigenvalue weighted by Crippen LogP contribution is 2.32. The molecule has 3 aromatic carbocycles. The molecule has 1 heterocycles. The Balaban J connectivity index is 1.51. The fourth-order valence-corrected chi connectivity index (χ4v) is 3.83. The summed E-state index contributed by atoms with van der Waals surface area (Å²) < 4.78 is 0. The number of rotatable bonds is 6. The molecule has 0 atom stereocenters. The lowest BCUT2D eigenvalue weighted by Gasteiger charge is -2.18. The molecule has 166 valence electrons. The quantitative estimate of drug-likeness (QED) is 0.494. The minimum atomic E-state index is -0.570. The Morgan fingerprint density at radius 3 is 2.27 bits per heavy atom. The van der Waals surface area contributed by atoms with Crippen molar-refractivity contribution in [3.63, 3.8) is 0 Å². The van der Waals surface area contributed by atoms with E-state index in [4.69, 9.17) is 11.6 Å². The smallest absolute Gasteiger partial charge is 0.283 e. The summed E-state index contributed by atoms with van der Waals surface area (Å²) in [5, 5.41) is 5.64. The molecule has 33 heavy (non-hydrogen) atoms. The van der Waals surface area contributed by atoms with E-state index in [1.54, 1.807) is 36.4 Å². The number of carbonyl (C=O) groups excluding carboxylic acids is 3. The molecule has 1 aliphatic heterocycles. The Bertz CT molecular complexity index is 1280. The lowest BCUT2D eigenvalue weighted by atomic mass is 10.1. The fraction of sp³-hybridized carbons (Fsp3) is 0.115. The lowest BCUT2D eigenvalue weighted by Crippen LogP contribution is -2.33. The Morgan fingerprint density at radius 2 is 1.58 bits per heavy atom. The molecule has 0 spiro atoms. The number of amides is 3. The Kier molecular flexibility index (Phi) is 6.29. The van der Waals surface area contributed by atoms with Crippen LogP contribution < -0.4 is 15.5 Å². The second-order valence-corrected chi connectivity index (χ2v) is 7.97. The van der Waals surface area contributed by atoms with Crippen LogP contribution in [-0.2, 0) is 16.0 Å². The van der Waals surface area contributed by atoms with E-state index >= 15 is 0 Å². The van der Waals surface area contributed by atoms with Crippen molar-refractivity contribution < 1.29 is 14.4 Å². The maximum atomic E-state index is 13.0. The molecule has 0 radical (unpaired) electrons. The minimum absolute atomic E-state index is 0.00434. The van der Waals surface area contributed by atoms with E-state index in [1.165, 1.54) is 0 Å². The summed E-state index contributed by atoms with van der Waals surface area (Å²) >= 11 is 6.24. The molecular weight excluding hydrogens is 438 g/mol. The zero-order valence-electron chi connectivity index (χ0n) is 18.2. The number of para-hydroxylation sites is 2. The van der Waals surface area contributed by atoms with Crippen molar-refractivity contribution in [3.8, 4) is 0 Å². The maximum Gasteiger partial charge on any atom is 0.283 e. The van der Waals surface area contributed by atoms with Crippen LogP contribution in [0.3, 0.4) is 0 Å². The SMILES string of the molecule is CCc1ccccc1N1C(=O)C(Cl)=C(Nc2ccc(C(=O)Nc3ccccc3C)cc2)C1=O. The first-order valence-electron chi connectivity index (χ1n) is 10.5. The second-order valence-electron chi connectivity index (χ2n) is 7.59. The monoisotopic (exact) mass is 459 g/mol. The van der Waals surface area contributed by atoms with Gasteiger partial charge in [-0.1, -0.05) is 54.9 Å². The van der Waals surface area contributed by atoms with Gasteiger partial charge in [0.15, 0.2) is 0 Å². The fourth-order valence-electron chi connectivity index (χ4n) is 3.61. The number of carbonyl (C=O) groups is 3. The number of hydrogen-bond acceptors (Lipinski definition) is 4. The first-order chi connectivity index (χ1) is 15.9. The van der Waals surface area contributed by atoms with Gasteiger partial charge in [0, 0.05) is 16.9 Å². The van der Waals surface area contributed by atoms with Crippen LogP contribution in [0, 0.1) is 6.92 Å². The number of benzene rings is 3. The summed E-state index contributed by atoms with van der Waals surface area (Å²) in [6.07, 6.45) is 0.666. The van der Waals surface area contributed by atoms with Gasteiger partial charge in [0.2, 0.25) is 0 Å². The molecule has 0 bridgehead atoms. The van der Waals surface area contributed by atoms with Crippen LogP contribution in [0.4, 0.5) is 17.1 Å². The molecule has 0 aliphatic carbocycles. The van der Waals surface area contributed by atoms with E-state index in [1.807, 2.05) is 50.2 Å². The third-order valence-corrected chi connectivity index (χ3v) is 5.80. The summed E-state index contributed by atoms with van der Waals surface area (Å²) in [4.78, 5) is 39.5. The zero-order valence-corrected chi connectivity index (χ0v) is 18.9. The van der Waals surface area contributed by atoms with Gasteiger partial charge in [0.25, 0.3) is 17.7 Å². The molecular formula is C26H22ClN3O3. The summed E-state index contributed by atoms with van der Waals surface area (Å²) in [7, 11) is 0. The number of nitrogens with one attached hydrogen (secondary N) is 2. The first-order valence-corrected chi connectivity index (χ1v) is 10.9. The zero-order chi connectivity index (χ0) is 23.5. The molecule has 7 heteroatoms. The summed E-state index contributed by atoms with van der Waals surface area (Å²) in [6.45, 7) is 3.87. The van der Waals surface area contributed by atoms with Gasteiger partial charge in [0.05, 0.1) is 5.69 Å². The van der Waals surface area contributed by atoms with Crippen LogP contribution in [0.25, 0.3) is 0 Å². The molecule has 1 aliphatic rings. The van der Waals surface area contributed by atoms with E-state index in [9.17, 15) is 14.4 Å².